The van der Waals surface area contributed by atoms with Crippen LogP contribution in [0.2, 0.25) is 0 Å². The molecule has 4 aliphatic rings. The van der Waals surface area contributed by atoms with Crippen molar-refractivity contribution in [1.82, 2.24) is 10.2 Å². The number of hydrogen-bond donors (Lipinski definition) is 1. The van der Waals surface area contributed by atoms with Crippen LogP contribution in [0.3, 0.4) is 0 Å². The maximum Gasteiger partial charge on any atom is 0.246 e. The molecule has 3 aliphatic carbocycles. The summed E-state index contributed by atoms with van der Waals surface area (Å²) in [6.07, 6.45) is 11.3. The van der Waals surface area contributed by atoms with E-state index in [0.717, 1.165) is 24.1 Å². The van der Waals surface area contributed by atoms with Gasteiger partial charge >= 0.3 is 0 Å². The van der Waals surface area contributed by atoms with E-state index in [9.17, 15) is 9.59 Å². The lowest BCUT2D eigenvalue weighted by atomic mass is 9.47. The first-order valence-corrected chi connectivity index (χ1v) is 17.4. The third-order valence-corrected chi connectivity index (χ3v) is 13.0. The third kappa shape index (κ3) is 5.24. The van der Waals surface area contributed by atoms with Crippen LogP contribution in [-0.4, -0.2) is 36.3 Å². The molecule has 0 bridgehead atoms. The fourth-order valence-corrected chi connectivity index (χ4v) is 10.2. The number of nitrogens with one attached hydrogen (secondary N) is 1. The van der Waals surface area contributed by atoms with Gasteiger partial charge in [-0.3, -0.25) is 9.59 Å². The Balaban J connectivity index is 1.19. The highest BCUT2D eigenvalue weighted by atomic mass is 16.2. The molecule has 0 spiro atoms. The SMILES string of the molecule is CC(C)c1ccc(C(C(=O)NC[C@H]2CC[C@H]3[C@@H]4CC[C@H]5N(C)C(=O)C=C[C@]5(C)[C@H]4CC[C@]23C)c2ccc(C(C)C)cc2)cc1. The Morgan fingerprint density at radius 1 is 0.818 bits per heavy atom. The van der Waals surface area contributed by atoms with E-state index >= 15 is 0 Å². The number of carbonyl (C=O) groups excluding carboxylic acids is 2. The number of carbonyl (C=O) groups is 2. The maximum absolute atomic E-state index is 14.1. The molecule has 3 fully saturated rings. The van der Waals surface area contributed by atoms with E-state index in [0.29, 0.717) is 41.5 Å². The minimum Gasteiger partial charge on any atom is -0.355 e. The van der Waals surface area contributed by atoms with Crippen LogP contribution >= 0.6 is 0 Å². The third-order valence-electron chi connectivity index (χ3n) is 13.0. The zero-order chi connectivity index (χ0) is 31.4. The number of fused-ring (bicyclic) bond motifs is 5. The number of hydrogen-bond acceptors (Lipinski definition) is 2. The average Bonchev–Trinajstić information content (AvgIpc) is 3.35. The van der Waals surface area contributed by atoms with Gasteiger partial charge in [0.05, 0.1) is 5.92 Å². The summed E-state index contributed by atoms with van der Waals surface area (Å²) in [6, 6.07) is 17.7. The lowest BCUT2D eigenvalue weighted by Crippen LogP contribution is -2.59. The van der Waals surface area contributed by atoms with Crippen molar-refractivity contribution in [1.29, 1.82) is 0 Å². The molecule has 1 N–H and O–H groups in total. The predicted octanol–water partition coefficient (Wildman–Crippen LogP) is 8.44. The Kier molecular flexibility index (Phi) is 8.35. The molecule has 3 saturated carbocycles. The fourth-order valence-electron chi connectivity index (χ4n) is 10.2. The number of nitrogens with zero attached hydrogens (tertiary/aromatic N) is 1. The highest BCUT2D eigenvalue weighted by molar-refractivity contribution is 5.89. The topological polar surface area (TPSA) is 49.4 Å². The lowest BCUT2D eigenvalue weighted by molar-refractivity contribution is -0.139. The summed E-state index contributed by atoms with van der Waals surface area (Å²) >= 11 is 0. The van der Waals surface area contributed by atoms with Gasteiger partial charge in [-0.25, -0.2) is 0 Å². The van der Waals surface area contributed by atoms with Crippen LogP contribution in [-0.2, 0) is 9.59 Å². The van der Waals surface area contributed by atoms with Gasteiger partial charge in [0.15, 0.2) is 0 Å². The van der Waals surface area contributed by atoms with Crippen molar-refractivity contribution in [3.63, 3.8) is 0 Å². The number of rotatable bonds is 7. The molecule has 236 valence electrons. The standard InChI is InChI=1S/C40H54N2O2/c1-25(2)27-8-12-29(13-9-27)37(30-14-10-28(11-15-30)26(3)4)38(44)41-24-31-16-18-33-32-17-19-35-40(6,23-21-36(43)42(35)7)34(32)20-22-39(31,33)5/h8-15,21,23,25-26,31-35,37H,16-20,22,24H2,1-7H3,(H,41,44)/t31-,32+,33+,34+,35-,39-,40-/m1/s1. The van der Waals surface area contributed by atoms with E-state index in [1.165, 1.54) is 43.2 Å². The molecule has 2 aromatic rings. The molecule has 0 unspecified atom stereocenters. The van der Waals surface area contributed by atoms with Crippen LogP contribution in [0.15, 0.2) is 60.7 Å². The molecule has 44 heavy (non-hydrogen) atoms. The summed E-state index contributed by atoms with van der Waals surface area (Å²) in [5.74, 6) is 3.42. The van der Waals surface area contributed by atoms with E-state index in [-0.39, 0.29) is 28.6 Å². The van der Waals surface area contributed by atoms with Gasteiger partial charge < -0.3 is 10.2 Å². The van der Waals surface area contributed by atoms with E-state index in [1.807, 2.05) is 18.0 Å². The predicted molar refractivity (Wildman–Crippen MR) is 179 cm³/mol. The quantitative estimate of drug-likeness (QED) is 0.350. The number of likely N-dealkylation sites (N-methyl/N-ethyl adjacent to an activating group) is 1. The zero-order valence-corrected chi connectivity index (χ0v) is 28.1. The first kappa shape index (κ1) is 31.1. The molecule has 0 radical (unpaired) electrons. The van der Waals surface area contributed by atoms with Gasteiger partial charge in [-0.1, -0.05) is 96.1 Å². The summed E-state index contributed by atoms with van der Waals surface area (Å²) in [7, 11) is 2.00. The molecule has 0 aromatic heterocycles. The average molecular weight is 595 g/mol. The Hall–Kier alpha value is -2.88. The van der Waals surface area contributed by atoms with Crippen LogP contribution in [0.1, 0.15) is 120 Å². The molecule has 4 heteroatoms. The largest absolute Gasteiger partial charge is 0.355 e. The van der Waals surface area contributed by atoms with Crippen molar-refractivity contribution in [2.45, 2.75) is 104 Å². The van der Waals surface area contributed by atoms with Gasteiger partial charge in [0.2, 0.25) is 11.8 Å². The molecule has 1 aliphatic heterocycles. The second-order valence-corrected chi connectivity index (χ2v) is 15.8. The summed E-state index contributed by atoms with van der Waals surface area (Å²) in [6.45, 7) is 14.6. The summed E-state index contributed by atoms with van der Waals surface area (Å²) in [4.78, 5) is 28.6. The monoisotopic (exact) mass is 594 g/mol. The van der Waals surface area contributed by atoms with Crippen LogP contribution in [0.5, 0.6) is 0 Å². The van der Waals surface area contributed by atoms with Gasteiger partial charge in [0, 0.05) is 25.0 Å². The van der Waals surface area contributed by atoms with E-state index in [2.05, 4.69) is 101 Å². The van der Waals surface area contributed by atoms with E-state index in [4.69, 9.17) is 0 Å². The molecule has 0 saturated heterocycles. The molecule has 6 rings (SSSR count). The molecule has 1 heterocycles. The van der Waals surface area contributed by atoms with Crippen molar-refractivity contribution in [3.05, 3.63) is 82.9 Å². The normalized spacial score (nSPS) is 33.0. The molecular weight excluding hydrogens is 540 g/mol. The highest BCUT2D eigenvalue weighted by Gasteiger charge is 2.60. The van der Waals surface area contributed by atoms with Crippen LogP contribution in [0.4, 0.5) is 0 Å². The molecule has 7 atom stereocenters. The second-order valence-electron chi connectivity index (χ2n) is 15.8. The summed E-state index contributed by atoms with van der Waals surface area (Å²) in [5, 5.41) is 3.50. The Bertz CT molecular complexity index is 1340. The van der Waals surface area contributed by atoms with Crippen molar-refractivity contribution in [2.24, 2.45) is 34.5 Å². The molecule has 2 amide bonds. The smallest absolute Gasteiger partial charge is 0.246 e. The second kappa shape index (κ2) is 11.8. The van der Waals surface area contributed by atoms with Crippen molar-refractivity contribution in [2.75, 3.05) is 13.6 Å². The summed E-state index contributed by atoms with van der Waals surface area (Å²) in [5.41, 5.74) is 5.05. The van der Waals surface area contributed by atoms with E-state index in [1.54, 1.807) is 0 Å². The van der Waals surface area contributed by atoms with Gasteiger partial charge in [-0.2, -0.15) is 0 Å². The first-order valence-electron chi connectivity index (χ1n) is 17.4. The van der Waals surface area contributed by atoms with Gasteiger partial charge in [-0.05, 0) is 108 Å². The Morgan fingerprint density at radius 3 is 1.95 bits per heavy atom. The van der Waals surface area contributed by atoms with Crippen molar-refractivity contribution >= 4 is 11.8 Å². The van der Waals surface area contributed by atoms with Crippen molar-refractivity contribution in [3.8, 4) is 0 Å². The minimum absolute atomic E-state index is 0.0721. The van der Waals surface area contributed by atoms with Gasteiger partial charge in [-0.15, -0.1) is 0 Å². The molecule has 2 aromatic carbocycles. The van der Waals surface area contributed by atoms with E-state index < -0.39 is 0 Å². The highest BCUT2D eigenvalue weighted by Crippen LogP contribution is 2.65. The van der Waals surface area contributed by atoms with Crippen LogP contribution < -0.4 is 5.32 Å². The number of amides is 2. The maximum atomic E-state index is 14.1. The van der Waals surface area contributed by atoms with Crippen LogP contribution in [0, 0.1) is 34.5 Å². The number of benzene rings is 2. The molecule has 4 nitrogen and oxygen atoms in total. The lowest BCUT2D eigenvalue weighted by Gasteiger charge is -2.60. The first-order chi connectivity index (χ1) is 20.9. The minimum atomic E-state index is -0.314. The summed E-state index contributed by atoms with van der Waals surface area (Å²) < 4.78 is 0. The van der Waals surface area contributed by atoms with Crippen molar-refractivity contribution < 1.29 is 9.59 Å². The zero-order valence-electron chi connectivity index (χ0n) is 28.1. The van der Waals surface area contributed by atoms with Gasteiger partial charge in [0.1, 0.15) is 0 Å². The Labute approximate surface area is 266 Å². The Morgan fingerprint density at radius 2 is 1.39 bits per heavy atom. The van der Waals surface area contributed by atoms with Crippen LogP contribution in [0.25, 0.3) is 0 Å². The molecular formula is C40H54N2O2. The van der Waals surface area contributed by atoms with Gasteiger partial charge in [0.25, 0.3) is 0 Å². The fraction of sp³-hybridized carbons (Fsp3) is 0.600.